The molecule has 1 heterocycles. The van der Waals surface area contributed by atoms with Gasteiger partial charge in [0.05, 0.1) is 11.9 Å². The van der Waals surface area contributed by atoms with Gasteiger partial charge in [-0.15, -0.1) is 0 Å². The van der Waals surface area contributed by atoms with Crippen molar-refractivity contribution in [2.45, 2.75) is 31.8 Å². The molecule has 1 N–H and O–H groups in total. The number of rotatable bonds is 5. The summed E-state index contributed by atoms with van der Waals surface area (Å²) < 4.78 is 21.8. The second-order valence-corrected chi connectivity index (χ2v) is 7.85. The molecule has 1 atom stereocenters. The molecular weight excluding hydrogens is 232 g/mol. The zero-order chi connectivity index (χ0) is 11.3. The molecule has 0 aromatic heterocycles. The second-order valence-electron chi connectivity index (χ2n) is 4.36. The Morgan fingerprint density at radius 2 is 2.00 bits per heavy atom. The minimum Gasteiger partial charge on any atom is -0.393 e. The minimum absolute atomic E-state index is 0.107. The predicted octanol–water partition coefficient (Wildman–Crippen LogP) is 1.32. The van der Waals surface area contributed by atoms with E-state index < -0.39 is 15.9 Å². The van der Waals surface area contributed by atoms with Crippen LogP contribution in [0.4, 0.5) is 0 Å². The standard InChI is InChI=1S/C10H20O3S2/c1-15(12,13)7-4-10(11)8-9-2-5-14-6-3-9/h9-11H,2-8H2,1H3. The Labute approximate surface area is 96.6 Å². The summed E-state index contributed by atoms with van der Waals surface area (Å²) in [7, 11) is -2.92. The summed E-state index contributed by atoms with van der Waals surface area (Å²) in [6.07, 6.45) is 4.28. The summed E-state index contributed by atoms with van der Waals surface area (Å²) in [5.74, 6) is 3.07. The zero-order valence-electron chi connectivity index (χ0n) is 9.18. The van der Waals surface area contributed by atoms with Crippen LogP contribution in [0.25, 0.3) is 0 Å². The minimum atomic E-state index is -2.92. The van der Waals surface area contributed by atoms with Crippen molar-refractivity contribution in [2.24, 2.45) is 5.92 Å². The van der Waals surface area contributed by atoms with Gasteiger partial charge in [-0.1, -0.05) is 0 Å². The molecule has 0 bridgehead atoms. The molecular formula is C10H20O3S2. The first-order valence-corrected chi connectivity index (χ1v) is 8.62. The monoisotopic (exact) mass is 252 g/mol. The van der Waals surface area contributed by atoms with E-state index in [0.29, 0.717) is 12.3 Å². The topological polar surface area (TPSA) is 54.4 Å². The third-order valence-corrected chi connectivity index (χ3v) is 4.79. The predicted molar refractivity (Wildman–Crippen MR) is 65.0 cm³/mol. The summed E-state index contributed by atoms with van der Waals surface area (Å²) >= 11 is 1.97. The van der Waals surface area contributed by atoms with E-state index in [1.165, 1.54) is 30.6 Å². The van der Waals surface area contributed by atoms with Gasteiger partial charge < -0.3 is 5.11 Å². The van der Waals surface area contributed by atoms with Gasteiger partial charge in [0.15, 0.2) is 0 Å². The first kappa shape index (κ1) is 13.3. The molecule has 15 heavy (non-hydrogen) atoms. The van der Waals surface area contributed by atoms with E-state index in [2.05, 4.69) is 0 Å². The number of thioether (sulfide) groups is 1. The Bertz CT molecular complexity index is 268. The first-order chi connectivity index (χ1) is 6.97. The van der Waals surface area contributed by atoms with Gasteiger partial charge in [-0.3, -0.25) is 0 Å². The van der Waals surface area contributed by atoms with Crippen molar-refractivity contribution in [2.75, 3.05) is 23.5 Å². The maximum absolute atomic E-state index is 10.9. The smallest absolute Gasteiger partial charge is 0.147 e. The highest BCUT2D eigenvalue weighted by molar-refractivity contribution is 7.99. The number of hydrogen-bond acceptors (Lipinski definition) is 4. The van der Waals surface area contributed by atoms with Crippen molar-refractivity contribution >= 4 is 21.6 Å². The Hall–Kier alpha value is 0.260. The van der Waals surface area contributed by atoms with Gasteiger partial charge in [-0.2, -0.15) is 11.8 Å². The average molecular weight is 252 g/mol. The van der Waals surface area contributed by atoms with Crippen molar-refractivity contribution in [3.63, 3.8) is 0 Å². The number of aliphatic hydroxyl groups excluding tert-OH is 1. The highest BCUT2D eigenvalue weighted by Gasteiger charge is 2.18. The number of aliphatic hydroxyl groups is 1. The normalized spacial score (nSPS) is 21.5. The molecule has 1 unspecified atom stereocenters. The van der Waals surface area contributed by atoms with Gasteiger partial charge in [0.25, 0.3) is 0 Å². The maximum atomic E-state index is 10.9. The van der Waals surface area contributed by atoms with Gasteiger partial charge in [-0.25, -0.2) is 8.42 Å². The molecule has 0 aliphatic carbocycles. The van der Waals surface area contributed by atoms with Crippen LogP contribution >= 0.6 is 11.8 Å². The number of hydrogen-bond donors (Lipinski definition) is 1. The Kier molecular flexibility index (Phi) is 5.43. The average Bonchev–Trinajstić information content (AvgIpc) is 2.15. The van der Waals surface area contributed by atoms with E-state index in [-0.39, 0.29) is 5.75 Å². The van der Waals surface area contributed by atoms with E-state index in [1.807, 2.05) is 11.8 Å². The summed E-state index contributed by atoms with van der Waals surface area (Å²) in [4.78, 5) is 0. The molecule has 0 aromatic carbocycles. The highest BCUT2D eigenvalue weighted by atomic mass is 32.2. The molecule has 0 radical (unpaired) electrons. The lowest BCUT2D eigenvalue weighted by molar-refractivity contribution is 0.136. The van der Waals surface area contributed by atoms with Crippen LogP contribution in [0.1, 0.15) is 25.7 Å². The van der Waals surface area contributed by atoms with Crippen molar-refractivity contribution in [1.29, 1.82) is 0 Å². The summed E-state index contributed by atoms with van der Waals surface area (Å²) in [6, 6.07) is 0. The molecule has 0 saturated carbocycles. The molecule has 5 heteroatoms. The third kappa shape index (κ3) is 6.43. The molecule has 0 amide bonds. The van der Waals surface area contributed by atoms with Gasteiger partial charge in [0, 0.05) is 6.26 Å². The lowest BCUT2D eigenvalue weighted by Gasteiger charge is -2.23. The summed E-state index contributed by atoms with van der Waals surface area (Å²) in [5.41, 5.74) is 0. The largest absolute Gasteiger partial charge is 0.393 e. The fourth-order valence-electron chi connectivity index (χ4n) is 1.83. The van der Waals surface area contributed by atoms with Crippen molar-refractivity contribution in [1.82, 2.24) is 0 Å². The van der Waals surface area contributed by atoms with Crippen LogP contribution in [-0.2, 0) is 9.84 Å². The Morgan fingerprint density at radius 3 is 2.53 bits per heavy atom. The highest BCUT2D eigenvalue weighted by Crippen LogP contribution is 2.26. The maximum Gasteiger partial charge on any atom is 0.147 e. The van der Waals surface area contributed by atoms with Gasteiger partial charge in [-0.05, 0) is 43.1 Å². The fraction of sp³-hybridized carbons (Fsp3) is 1.00. The van der Waals surface area contributed by atoms with Crippen LogP contribution in [0, 0.1) is 5.92 Å². The van der Waals surface area contributed by atoms with E-state index >= 15 is 0 Å². The van der Waals surface area contributed by atoms with Crippen LogP contribution in [-0.4, -0.2) is 43.1 Å². The van der Waals surface area contributed by atoms with Crippen LogP contribution in [0.15, 0.2) is 0 Å². The molecule has 90 valence electrons. The van der Waals surface area contributed by atoms with E-state index in [0.717, 1.165) is 6.42 Å². The van der Waals surface area contributed by atoms with Crippen LogP contribution < -0.4 is 0 Å². The lowest BCUT2D eigenvalue weighted by Crippen LogP contribution is -2.20. The van der Waals surface area contributed by atoms with Crippen molar-refractivity contribution in [3.8, 4) is 0 Å². The van der Waals surface area contributed by atoms with E-state index in [4.69, 9.17) is 0 Å². The Morgan fingerprint density at radius 1 is 1.40 bits per heavy atom. The number of sulfone groups is 1. The summed E-state index contributed by atoms with van der Waals surface area (Å²) in [5, 5.41) is 9.69. The van der Waals surface area contributed by atoms with Crippen LogP contribution in [0.3, 0.4) is 0 Å². The fourth-order valence-corrected chi connectivity index (χ4v) is 3.74. The molecule has 1 aliphatic rings. The van der Waals surface area contributed by atoms with Gasteiger partial charge in [0.1, 0.15) is 9.84 Å². The van der Waals surface area contributed by atoms with Crippen molar-refractivity contribution < 1.29 is 13.5 Å². The second kappa shape index (κ2) is 6.11. The lowest BCUT2D eigenvalue weighted by atomic mass is 9.95. The van der Waals surface area contributed by atoms with Gasteiger partial charge in [0.2, 0.25) is 0 Å². The van der Waals surface area contributed by atoms with E-state index in [9.17, 15) is 13.5 Å². The first-order valence-electron chi connectivity index (χ1n) is 5.41. The molecule has 1 saturated heterocycles. The summed E-state index contributed by atoms with van der Waals surface area (Å²) in [6.45, 7) is 0. The molecule has 1 aliphatic heterocycles. The molecule has 0 spiro atoms. The Balaban J connectivity index is 2.20. The molecule has 1 fully saturated rings. The molecule has 1 rings (SSSR count). The zero-order valence-corrected chi connectivity index (χ0v) is 10.8. The molecule has 0 aromatic rings. The SMILES string of the molecule is CS(=O)(=O)CCC(O)CC1CCSCC1. The molecule has 3 nitrogen and oxygen atoms in total. The van der Waals surface area contributed by atoms with Crippen LogP contribution in [0.2, 0.25) is 0 Å². The third-order valence-electron chi connectivity index (χ3n) is 2.77. The van der Waals surface area contributed by atoms with Crippen LogP contribution in [0.5, 0.6) is 0 Å². The van der Waals surface area contributed by atoms with Crippen molar-refractivity contribution in [3.05, 3.63) is 0 Å². The van der Waals surface area contributed by atoms with E-state index in [1.54, 1.807) is 0 Å². The quantitative estimate of drug-likeness (QED) is 0.801. The van der Waals surface area contributed by atoms with Gasteiger partial charge >= 0.3 is 0 Å².